The smallest absolute Gasteiger partial charge is 0.331 e. The number of hydrogen-bond donors (Lipinski definition) is 1. The Hall–Kier alpha value is -2.15. The van der Waals surface area contributed by atoms with E-state index in [1.807, 2.05) is 6.92 Å². The van der Waals surface area contributed by atoms with Gasteiger partial charge in [-0.1, -0.05) is 15.9 Å². The van der Waals surface area contributed by atoms with E-state index in [4.69, 9.17) is 4.74 Å². The molecule has 22 heavy (non-hydrogen) atoms. The highest BCUT2D eigenvalue weighted by Crippen LogP contribution is 2.19. The molecule has 1 N–H and O–H groups in total. The van der Waals surface area contributed by atoms with Crippen LogP contribution in [0.25, 0.3) is 0 Å². The molecule has 1 aromatic rings. The molecule has 0 heterocycles. The first-order valence-electron chi connectivity index (χ1n) is 6.50. The van der Waals surface area contributed by atoms with Crippen molar-refractivity contribution in [2.75, 3.05) is 18.5 Å². The lowest BCUT2D eigenvalue weighted by Gasteiger charge is -2.07. The van der Waals surface area contributed by atoms with Crippen molar-refractivity contribution in [3.8, 4) is 0 Å². The minimum Gasteiger partial charge on any atom is -0.463 e. The predicted molar refractivity (Wildman–Crippen MR) is 84.2 cm³/mol. The van der Waals surface area contributed by atoms with Crippen LogP contribution in [0.4, 0.5) is 5.69 Å². The van der Waals surface area contributed by atoms with Gasteiger partial charge in [0.05, 0.1) is 6.61 Å². The van der Waals surface area contributed by atoms with E-state index in [0.717, 1.165) is 22.2 Å². The number of amides is 1. The molecule has 0 saturated carbocycles. The zero-order valence-corrected chi connectivity index (χ0v) is 13.8. The van der Waals surface area contributed by atoms with Crippen LogP contribution >= 0.6 is 15.9 Å². The molecule has 1 aromatic carbocycles. The molecule has 0 bridgehead atoms. The molecule has 1 rings (SSSR count). The summed E-state index contributed by atoms with van der Waals surface area (Å²) in [4.78, 5) is 33.9. The number of benzene rings is 1. The summed E-state index contributed by atoms with van der Waals surface area (Å²) in [5, 5.41) is 2.60. The third-order valence-corrected chi connectivity index (χ3v) is 3.32. The SMILES string of the molecule is CCOC(=O)/C=C/C(=O)OCC(=O)Nc1ccc(Br)c(C)c1. The first-order chi connectivity index (χ1) is 10.4. The summed E-state index contributed by atoms with van der Waals surface area (Å²) in [6.07, 6.45) is 1.86. The Morgan fingerprint density at radius 1 is 1.18 bits per heavy atom. The van der Waals surface area contributed by atoms with Crippen molar-refractivity contribution in [3.05, 3.63) is 40.4 Å². The number of anilines is 1. The fourth-order valence-corrected chi connectivity index (χ4v) is 1.68. The van der Waals surface area contributed by atoms with Crippen LogP contribution in [0.1, 0.15) is 12.5 Å². The van der Waals surface area contributed by atoms with Gasteiger partial charge in [-0.05, 0) is 37.6 Å². The van der Waals surface area contributed by atoms with Crippen molar-refractivity contribution >= 4 is 39.5 Å². The lowest BCUT2D eigenvalue weighted by Crippen LogP contribution is -2.20. The van der Waals surface area contributed by atoms with Gasteiger partial charge in [-0.3, -0.25) is 4.79 Å². The van der Waals surface area contributed by atoms with Crippen molar-refractivity contribution in [2.45, 2.75) is 13.8 Å². The van der Waals surface area contributed by atoms with Crippen LogP contribution in [-0.2, 0) is 23.9 Å². The minimum atomic E-state index is -0.796. The highest BCUT2D eigenvalue weighted by molar-refractivity contribution is 9.10. The van der Waals surface area contributed by atoms with Crippen LogP contribution in [-0.4, -0.2) is 31.1 Å². The van der Waals surface area contributed by atoms with Gasteiger partial charge in [-0.2, -0.15) is 0 Å². The van der Waals surface area contributed by atoms with Crippen LogP contribution < -0.4 is 5.32 Å². The second-order valence-electron chi connectivity index (χ2n) is 4.21. The van der Waals surface area contributed by atoms with Crippen molar-refractivity contribution in [2.24, 2.45) is 0 Å². The van der Waals surface area contributed by atoms with Gasteiger partial charge >= 0.3 is 11.9 Å². The van der Waals surface area contributed by atoms with E-state index in [9.17, 15) is 14.4 Å². The average Bonchev–Trinajstić information content (AvgIpc) is 2.47. The molecular weight excluding hydrogens is 354 g/mol. The average molecular weight is 370 g/mol. The van der Waals surface area contributed by atoms with Gasteiger partial charge in [0.1, 0.15) is 0 Å². The Morgan fingerprint density at radius 2 is 1.82 bits per heavy atom. The number of hydrogen-bond acceptors (Lipinski definition) is 5. The van der Waals surface area contributed by atoms with E-state index in [0.29, 0.717) is 5.69 Å². The zero-order chi connectivity index (χ0) is 16.5. The Kier molecular flexibility index (Phi) is 7.31. The first kappa shape index (κ1) is 17.9. The summed E-state index contributed by atoms with van der Waals surface area (Å²) in [6, 6.07) is 5.31. The van der Waals surface area contributed by atoms with Crippen LogP contribution in [0.5, 0.6) is 0 Å². The number of ether oxygens (including phenoxy) is 2. The molecule has 0 aliphatic heterocycles. The van der Waals surface area contributed by atoms with Gasteiger partial charge in [0.15, 0.2) is 6.61 Å². The number of carbonyl (C=O) groups is 3. The maximum absolute atomic E-state index is 11.6. The molecule has 1 amide bonds. The van der Waals surface area contributed by atoms with Gasteiger partial charge in [-0.15, -0.1) is 0 Å². The molecule has 0 aromatic heterocycles. The molecule has 0 atom stereocenters. The van der Waals surface area contributed by atoms with Gasteiger partial charge < -0.3 is 14.8 Å². The molecule has 6 nitrogen and oxygen atoms in total. The van der Waals surface area contributed by atoms with E-state index in [2.05, 4.69) is 26.0 Å². The first-order valence-corrected chi connectivity index (χ1v) is 7.29. The third-order valence-electron chi connectivity index (χ3n) is 2.43. The van der Waals surface area contributed by atoms with E-state index in [-0.39, 0.29) is 6.61 Å². The second kappa shape index (κ2) is 8.99. The molecule has 0 fully saturated rings. The highest BCUT2D eigenvalue weighted by atomic mass is 79.9. The third kappa shape index (κ3) is 6.53. The van der Waals surface area contributed by atoms with Gasteiger partial charge in [0, 0.05) is 22.3 Å². The molecule has 0 spiro atoms. The fraction of sp³-hybridized carbons (Fsp3) is 0.267. The molecule has 0 aliphatic rings. The summed E-state index contributed by atoms with van der Waals surface area (Å²) >= 11 is 3.36. The number of aryl methyl sites for hydroxylation is 1. The lowest BCUT2D eigenvalue weighted by atomic mass is 10.2. The summed E-state index contributed by atoms with van der Waals surface area (Å²) in [6.45, 7) is 3.31. The Bertz CT molecular complexity index is 598. The highest BCUT2D eigenvalue weighted by Gasteiger charge is 2.07. The van der Waals surface area contributed by atoms with Crippen LogP contribution in [0.3, 0.4) is 0 Å². The van der Waals surface area contributed by atoms with Crippen molar-refractivity contribution in [1.82, 2.24) is 0 Å². The number of esters is 2. The normalized spacial score (nSPS) is 10.3. The molecule has 0 radical (unpaired) electrons. The largest absolute Gasteiger partial charge is 0.463 e. The summed E-state index contributed by atoms with van der Waals surface area (Å²) in [7, 11) is 0. The minimum absolute atomic E-state index is 0.216. The number of rotatable bonds is 6. The summed E-state index contributed by atoms with van der Waals surface area (Å²) in [5.41, 5.74) is 1.57. The quantitative estimate of drug-likeness (QED) is 0.614. The monoisotopic (exact) mass is 369 g/mol. The van der Waals surface area contributed by atoms with Crippen molar-refractivity contribution < 1.29 is 23.9 Å². The molecule has 118 valence electrons. The van der Waals surface area contributed by atoms with Crippen LogP contribution in [0.2, 0.25) is 0 Å². The van der Waals surface area contributed by atoms with Crippen molar-refractivity contribution in [1.29, 1.82) is 0 Å². The van der Waals surface area contributed by atoms with Crippen LogP contribution in [0, 0.1) is 6.92 Å². The van der Waals surface area contributed by atoms with E-state index >= 15 is 0 Å². The Labute approximate surface area is 136 Å². The van der Waals surface area contributed by atoms with Crippen LogP contribution in [0.15, 0.2) is 34.8 Å². The maximum atomic E-state index is 11.6. The molecule has 0 unspecified atom stereocenters. The summed E-state index contributed by atoms with van der Waals surface area (Å²) in [5.74, 6) is -1.91. The van der Waals surface area contributed by atoms with Crippen molar-refractivity contribution in [3.63, 3.8) is 0 Å². The predicted octanol–water partition coefficient (Wildman–Crippen LogP) is 2.36. The second-order valence-corrected chi connectivity index (χ2v) is 5.06. The molecule has 0 saturated heterocycles. The van der Waals surface area contributed by atoms with E-state index in [1.54, 1.807) is 25.1 Å². The fourth-order valence-electron chi connectivity index (χ4n) is 1.43. The maximum Gasteiger partial charge on any atom is 0.331 e. The van der Waals surface area contributed by atoms with E-state index in [1.165, 1.54) is 0 Å². The summed E-state index contributed by atoms with van der Waals surface area (Å²) < 4.78 is 10.2. The number of halogens is 1. The number of carbonyl (C=O) groups excluding carboxylic acids is 3. The molecule has 7 heteroatoms. The van der Waals surface area contributed by atoms with Gasteiger partial charge in [0.2, 0.25) is 0 Å². The van der Waals surface area contributed by atoms with Gasteiger partial charge in [0.25, 0.3) is 5.91 Å². The topological polar surface area (TPSA) is 81.7 Å². The lowest BCUT2D eigenvalue weighted by molar-refractivity contribution is -0.143. The molecule has 0 aliphatic carbocycles. The standard InChI is InChI=1S/C15H16BrNO5/c1-3-21-14(19)6-7-15(20)22-9-13(18)17-11-4-5-12(16)10(2)8-11/h4-8H,3,9H2,1-2H3,(H,17,18)/b7-6+. The zero-order valence-electron chi connectivity index (χ0n) is 12.2. The van der Waals surface area contributed by atoms with E-state index < -0.39 is 24.5 Å². The van der Waals surface area contributed by atoms with Gasteiger partial charge in [-0.25, -0.2) is 9.59 Å². The number of nitrogens with one attached hydrogen (secondary N) is 1. The molecular formula is C15H16BrNO5. The Balaban J connectivity index is 2.41. The Morgan fingerprint density at radius 3 is 2.41 bits per heavy atom.